The second-order valence-corrected chi connectivity index (χ2v) is 4.29. The normalized spacial score (nSPS) is 10.5. The van der Waals surface area contributed by atoms with Gasteiger partial charge in [0.05, 0.1) is 12.2 Å². The number of nitrogens with zero attached hydrogens (tertiary/aromatic N) is 3. The van der Waals surface area contributed by atoms with Gasteiger partial charge in [-0.25, -0.2) is 0 Å². The van der Waals surface area contributed by atoms with Gasteiger partial charge in [0.25, 0.3) is 0 Å². The van der Waals surface area contributed by atoms with E-state index in [1.807, 2.05) is 0 Å². The molecule has 0 bridgehead atoms. The average Bonchev–Trinajstić information content (AvgIpc) is 2.39. The van der Waals surface area contributed by atoms with Crippen LogP contribution in [0.15, 0.2) is 18.2 Å². The van der Waals surface area contributed by atoms with E-state index in [1.165, 1.54) is 0 Å². The molecular weight excluding hydrogens is 282 g/mol. The minimum atomic E-state index is 0.0373. The minimum Gasteiger partial charge on any atom is -0.490 e. The summed E-state index contributed by atoms with van der Waals surface area (Å²) in [5.41, 5.74) is 11.7. The lowest BCUT2D eigenvalue weighted by atomic mass is 10.2. The predicted octanol–water partition coefficient (Wildman–Crippen LogP) is 1.38. The van der Waals surface area contributed by atoms with E-state index in [4.69, 9.17) is 32.5 Å². The van der Waals surface area contributed by atoms with Crippen molar-refractivity contribution in [2.75, 3.05) is 31.8 Å². The van der Waals surface area contributed by atoms with Crippen molar-refractivity contribution >= 4 is 23.5 Å². The molecule has 0 amide bonds. The van der Waals surface area contributed by atoms with Gasteiger partial charge in [0, 0.05) is 12.1 Å². The molecule has 0 saturated carbocycles. The quantitative estimate of drug-likeness (QED) is 0.802. The van der Waals surface area contributed by atoms with Gasteiger partial charge in [-0.1, -0.05) is 11.6 Å². The fraction of sp³-hybridized carbons (Fsp3) is 0.250. The first-order chi connectivity index (χ1) is 9.60. The molecule has 0 fully saturated rings. The fourth-order valence-corrected chi connectivity index (χ4v) is 1.74. The molecule has 8 heteroatoms. The lowest BCUT2D eigenvalue weighted by molar-refractivity contribution is 0.146. The number of anilines is 2. The zero-order valence-corrected chi connectivity index (χ0v) is 11.6. The maximum absolute atomic E-state index is 5.99. The van der Waals surface area contributed by atoms with Gasteiger partial charge in [0.1, 0.15) is 12.4 Å². The number of methoxy groups -OCH3 is 1. The maximum atomic E-state index is 5.99. The number of hydrogen-bond donors (Lipinski definition) is 2. The van der Waals surface area contributed by atoms with Crippen LogP contribution >= 0.6 is 11.6 Å². The topological polar surface area (TPSA) is 109 Å². The van der Waals surface area contributed by atoms with Gasteiger partial charge < -0.3 is 20.9 Å². The largest absolute Gasteiger partial charge is 0.490 e. The Morgan fingerprint density at radius 3 is 2.45 bits per heavy atom. The molecular formula is C12H14ClN5O2. The van der Waals surface area contributed by atoms with Crippen molar-refractivity contribution in [3.8, 4) is 17.1 Å². The van der Waals surface area contributed by atoms with Gasteiger partial charge >= 0.3 is 0 Å². The first kappa shape index (κ1) is 14.3. The van der Waals surface area contributed by atoms with Crippen molar-refractivity contribution in [3.63, 3.8) is 0 Å². The van der Waals surface area contributed by atoms with E-state index in [0.29, 0.717) is 35.4 Å². The predicted molar refractivity (Wildman–Crippen MR) is 76.5 cm³/mol. The number of benzene rings is 1. The average molecular weight is 296 g/mol. The highest BCUT2D eigenvalue weighted by Crippen LogP contribution is 2.31. The molecule has 0 spiro atoms. The molecule has 7 nitrogen and oxygen atoms in total. The smallest absolute Gasteiger partial charge is 0.225 e. The van der Waals surface area contributed by atoms with E-state index in [-0.39, 0.29) is 11.9 Å². The molecule has 0 unspecified atom stereocenters. The number of halogens is 1. The third-order valence-electron chi connectivity index (χ3n) is 2.40. The summed E-state index contributed by atoms with van der Waals surface area (Å²) in [5.74, 6) is 0.951. The van der Waals surface area contributed by atoms with Gasteiger partial charge in [0.15, 0.2) is 5.82 Å². The molecule has 0 aliphatic heterocycles. The number of ether oxygens (including phenoxy) is 2. The molecule has 0 aliphatic rings. The van der Waals surface area contributed by atoms with Gasteiger partial charge in [0.2, 0.25) is 11.9 Å². The van der Waals surface area contributed by atoms with Gasteiger partial charge in [-0.15, -0.1) is 0 Å². The van der Waals surface area contributed by atoms with E-state index in [2.05, 4.69) is 15.0 Å². The highest BCUT2D eigenvalue weighted by Gasteiger charge is 2.12. The Labute approximate surface area is 120 Å². The third kappa shape index (κ3) is 3.46. The van der Waals surface area contributed by atoms with Crippen molar-refractivity contribution in [2.24, 2.45) is 0 Å². The van der Waals surface area contributed by atoms with Crippen LogP contribution in [0.1, 0.15) is 0 Å². The van der Waals surface area contributed by atoms with E-state index < -0.39 is 0 Å². The van der Waals surface area contributed by atoms with Gasteiger partial charge in [-0.2, -0.15) is 15.0 Å². The molecule has 106 valence electrons. The zero-order chi connectivity index (χ0) is 14.5. The van der Waals surface area contributed by atoms with Crippen LogP contribution in [0.25, 0.3) is 11.4 Å². The van der Waals surface area contributed by atoms with Crippen molar-refractivity contribution < 1.29 is 9.47 Å². The summed E-state index contributed by atoms with van der Waals surface area (Å²) in [6, 6.07) is 5.11. The van der Waals surface area contributed by atoms with E-state index in [1.54, 1.807) is 25.3 Å². The summed E-state index contributed by atoms with van der Waals surface area (Å²) >= 11 is 5.99. The number of nitrogens with two attached hydrogens (primary N) is 2. The van der Waals surface area contributed by atoms with Crippen molar-refractivity contribution in [2.45, 2.75) is 0 Å². The van der Waals surface area contributed by atoms with Gasteiger partial charge in [-0.05, 0) is 18.2 Å². The van der Waals surface area contributed by atoms with Crippen LogP contribution in [0.3, 0.4) is 0 Å². The summed E-state index contributed by atoms with van der Waals surface area (Å²) in [7, 11) is 1.60. The van der Waals surface area contributed by atoms with Gasteiger partial charge in [-0.3, -0.25) is 0 Å². The van der Waals surface area contributed by atoms with Crippen molar-refractivity contribution in [1.29, 1.82) is 0 Å². The van der Waals surface area contributed by atoms with Crippen LogP contribution in [0.2, 0.25) is 5.02 Å². The Bertz CT molecular complexity index is 588. The summed E-state index contributed by atoms with van der Waals surface area (Å²) in [6.45, 7) is 0.852. The van der Waals surface area contributed by atoms with Crippen LogP contribution in [0.5, 0.6) is 5.75 Å². The Kier molecular flexibility index (Phi) is 4.54. The first-order valence-corrected chi connectivity index (χ1v) is 6.16. The number of aromatic nitrogens is 3. The van der Waals surface area contributed by atoms with Crippen LogP contribution in [-0.4, -0.2) is 35.3 Å². The standard InChI is InChI=1S/C12H14ClN5O2/c1-19-4-5-20-9-3-2-7(13)6-8(9)10-16-11(14)18-12(15)17-10/h2-3,6H,4-5H2,1H3,(H4,14,15,16,17,18). The SMILES string of the molecule is COCCOc1ccc(Cl)cc1-c1nc(N)nc(N)n1. The van der Waals surface area contributed by atoms with Crippen LogP contribution in [-0.2, 0) is 4.74 Å². The molecule has 1 heterocycles. The Balaban J connectivity index is 2.40. The van der Waals surface area contributed by atoms with E-state index in [0.717, 1.165) is 0 Å². The molecule has 1 aromatic carbocycles. The fourth-order valence-electron chi connectivity index (χ4n) is 1.57. The van der Waals surface area contributed by atoms with E-state index in [9.17, 15) is 0 Å². The highest BCUT2D eigenvalue weighted by atomic mass is 35.5. The second-order valence-electron chi connectivity index (χ2n) is 3.86. The minimum absolute atomic E-state index is 0.0373. The molecule has 2 aromatic rings. The molecule has 4 N–H and O–H groups in total. The molecule has 0 atom stereocenters. The number of nitrogen functional groups attached to an aromatic ring is 2. The van der Waals surface area contributed by atoms with Crippen LogP contribution < -0.4 is 16.2 Å². The Morgan fingerprint density at radius 1 is 1.10 bits per heavy atom. The zero-order valence-electron chi connectivity index (χ0n) is 10.8. The molecule has 0 saturated heterocycles. The Morgan fingerprint density at radius 2 is 1.80 bits per heavy atom. The monoisotopic (exact) mass is 295 g/mol. The van der Waals surface area contributed by atoms with Crippen molar-refractivity contribution in [3.05, 3.63) is 23.2 Å². The summed E-state index contributed by atoms with van der Waals surface area (Å²) in [5, 5.41) is 0.525. The lowest BCUT2D eigenvalue weighted by Gasteiger charge is -2.11. The molecule has 0 aliphatic carbocycles. The third-order valence-corrected chi connectivity index (χ3v) is 2.63. The second kappa shape index (κ2) is 6.36. The lowest BCUT2D eigenvalue weighted by Crippen LogP contribution is -2.07. The maximum Gasteiger partial charge on any atom is 0.225 e. The first-order valence-electron chi connectivity index (χ1n) is 5.79. The van der Waals surface area contributed by atoms with Crippen LogP contribution in [0, 0.1) is 0 Å². The Hall–Kier alpha value is -2.12. The summed E-state index contributed by atoms with van der Waals surface area (Å²) in [6.07, 6.45) is 0. The molecule has 20 heavy (non-hydrogen) atoms. The number of hydrogen-bond acceptors (Lipinski definition) is 7. The molecule has 1 aromatic heterocycles. The highest BCUT2D eigenvalue weighted by molar-refractivity contribution is 6.30. The molecule has 0 radical (unpaired) electrons. The van der Waals surface area contributed by atoms with Crippen molar-refractivity contribution in [1.82, 2.24) is 15.0 Å². The van der Waals surface area contributed by atoms with Crippen LogP contribution in [0.4, 0.5) is 11.9 Å². The summed E-state index contributed by atoms with van der Waals surface area (Å²) < 4.78 is 10.5. The summed E-state index contributed by atoms with van der Waals surface area (Å²) in [4.78, 5) is 11.8. The number of rotatable bonds is 5. The molecule has 2 rings (SSSR count). The van der Waals surface area contributed by atoms with E-state index >= 15 is 0 Å².